The number of aromatic nitrogens is 2. The molecule has 2 aromatic heterocycles. The summed E-state index contributed by atoms with van der Waals surface area (Å²) in [7, 11) is -1.54. The molecular weight excluding hydrogens is 493 g/mol. The summed E-state index contributed by atoms with van der Waals surface area (Å²) in [6.07, 6.45) is 4.06. The van der Waals surface area contributed by atoms with Gasteiger partial charge < -0.3 is 14.5 Å². The van der Waals surface area contributed by atoms with Crippen molar-refractivity contribution in [3.05, 3.63) is 95.7 Å². The standard InChI is InChI=1S/C27H24FN5O3S/c1-18-14-20(7-8-23(18)31-37(36)24-6-2-4-19-5-3-9-30-25(19)24)26(34)32-10-12-33(13-11-32)27(35)21-15-22(28)17-29-16-21/h2-9,14-17,31H,10-13H2,1H3. The molecule has 1 aliphatic heterocycles. The Morgan fingerprint density at radius 2 is 1.62 bits per heavy atom. The highest BCUT2D eigenvalue weighted by Gasteiger charge is 2.26. The molecular formula is C27H24FN5O3S. The average Bonchev–Trinajstić information content (AvgIpc) is 2.93. The minimum absolute atomic E-state index is 0.145. The van der Waals surface area contributed by atoms with E-state index in [0.717, 1.165) is 23.2 Å². The zero-order chi connectivity index (χ0) is 25.9. The van der Waals surface area contributed by atoms with Gasteiger partial charge in [0.25, 0.3) is 11.8 Å². The number of carbonyl (C=O) groups is 2. The van der Waals surface area contributed by atoms with Gasteiger partial charge in [0.05, 0.1) is 22.2 Å². The van der Waals surface area contributed by atoms with Gasteiger partial charge in [-0.1, -0.05) is 18.2 Å². The minimum atomic E-state index is -1.54. The van der Waals surface area contributed by atoms with Gasteiger partial charge in [-0.25, -0.2) is 8.60 Å². The number of benzene rings is 2. The highest BCUT2D eigenvalue weighted by atomic mass is 32.2. The van der Waals surface area contributed by atoms with Crippen molar-refractivity contribution in [1.82, 2.24) is 19.8 Å². The molecule has 1 fully saturated rings. The Kier molecular flexibility index (Phi) is 6.91. The second-order valence-corrected chi connectivity index (χ2v) is 9.89. The summed E-state index contributed by atoms with van der Waals surface area (Å²) >= 11 is 0. The van der Waals surface area contributed by atoms with E-state index < -0.39 is 16.8 Å². The van der Waals surface area contributed by atoms with Crippen LogP contribution in [0.3, 0.4) is 0 Å². The molecule has 8 nitrogen and oxygen atoms in total. The number of nitrogens with zero attached hydrogens (tertiary/aromatic N) is 4. The van der Waals surface area contributed by atoms with Crippen molar-refractivity contribution >= 4 is 39.4 Å². The van der Waals surface area contributed by atoms with E-state index in [4.69, 9.17) is 0 Å². The van der Waals surface area contributed by atoms with E-state index in [1.807, 2.05) is 31.2 Å². The number of amides is 2. The smallest absolute Gasteiger partial charge is 0.255 e. The lowest BCUT2D eigenvalue weighted by Gasteiger charge is -2.35. The van der Waals surface area contributed by atoms with Gasteiger partial charge in [-0.3, -0.25) is 19.6 Å². The Morgan fingerprint density at radius 1 is 0.919 bits per heavy atom. The van der Waals surface area contributed by atoms with Crippen LogP contribution in [0.1, 0.15) is 26.3 Å². The fraction of sp³-hybridized carbons (Fsp3) is 0.185. The fourth-order valence-corrected chi connectivity index (χ4v) is 5.39. The predicted octanol–water partition coefficient (Wildman–Crippen LogP) is 3.81. The van der Waals surface area contributed by atoms with Gasteiger partial charge in [-0.2, -0.15) is 0 Å². The fourth-order valence-electron chi connectivity index (χ4n) is 4.30. The van der Waals surface area contributed by atoms with E-state index in [-0.39, 0.29) is 17.4 Å². The summed E-state index contributed by atoms with van der Waals surface area (Å²) in [5, 5.41) is 0.905. The van der Waals surface area contributed by atoms with E-state index >= 15 is 0 Å². The molecule has 10 heteroatoms. The highest BCUT2D eigenvalue weighted by Crippen LogP contribution is 2.24. The number of anilines is 1. The molecule has 0 spiro atoms. The van der Waals surface area contributed by atoms with Crippen molar-refractivity contribution in [1.29, 1.82) is 0 Å². The minimum Gasteiger partial charge on any atom is -0.335 e. The SMILES string of the molecule is Cc1cc(C(=O)N2CCN(C(=O)c3cncc(F)c3)CC2)ccc1NS(=O)c1cccc2cccnc12. The zero-order valence-electron chi connectivity index (χ0n) is 20.1. The normalized spacial score (nSPS) is 14.4. The number of halogens is 1. The molecule has 0 bridgehead atoms. The number of rotatable bonds is 5. The number of piperazine rings is 1. The van der Waals surface area contributed by atoms with Gasteiger partial charge in [0.15, 0.2) is 11.0 Å². The largest absolute Gasteiger partial charge is 0.335 e. The molecule has 1 atom stereocenters. The molecule has 2 amide bonds. The molecule has 3 heterocycles. The molecule has 1 aliphatic rings. The first kappa shape index (κ1) is 24.5. The molecule has 4 aromatic rings. The highest BCUT2D eigenvalue weighted by molar-refractivity contribution is 7.86. The Bertz CT molecular complexity index is 1520. The predicted molar refractivity (Wildman–Crippen MR) is 139 cm³/mol. The summed E-state index contributed by atoms with van der Waals surface area (Å²) in [5.41, 5.74) is 2.80. The maximum absolute atomic E-state index is 13.4. The van der Waals surface area contributed by atoms with Crippen molar-refractivity contribution < 1.29 is 18.2 Å². The number of para-hydroxylation sites is 1. The van der Waals surface area contributed by atoms with Gasteiger partial charge in [0.1, 0.15) is 5.82 Å². The van der Waals surface area contributed by atoms with Gasteiger partial charge in [0, 0.05) is 55.2 Å². The zero-order valence-corrected chi connectivity index (χ0v) is 20.9. The van der Waals surface area contributed by atoms with Crippen molar-refractivity contribution in [2.24, 2.45) is 0 Å². The van der Waals surface area contributed by atoms with Crippen molar-refractivity contribution in [3.63, 3.8) is 0 Å². The Balaban J connectivity index is 1.23. The first-order chi connectivity index (χ1) is 17.9. The first-order valence-corrected chi connectivity index (χ1v) is 12.9. The molecule has 1 N–H and O–H groups in total. The third-order valence-electron chi connectivity index (χ3n) is 6.28. The van der Waals surface area contributed by atoms with Crippen LogP contribution >= 0.6 is 0 Å². The van der Waals surface area contributed by atoms with Crippen LogP contribution < -0.4 is 4.72 Å². The van der Waals surface area contributed by atoms with Crippen LogP contribution in [0.2, 0.25) is 0 Å². The topological polar surface area (TPSA) is 95.5 Å². The van der Waals surface area contributed by atoms with E-state index in [1.165, 1.54) is 6.20 Å². The summed E-state index contributed by atoms with van der Waals surface area (Å²) in [4.78, 5) is 37.7. The second kappa shape index (κ2) is 10.4. The van der Waals surface area contributed by atoms with Crippen LogP contribution in [-0.2, 0) is 11.0 Å². The van der Waals surface area contributed by atoms with Crippen molar-refractivity contribution in [2.45, 2.75) is 11.8 Å². The molecule has 0 aliphatic carbocycles. The average molecular weight is 518 g/mol. The van der Waals surface area contributed by atoms with Gasteiger partial charge in [-0.15, -0.1) is 0 Å². The molecule has 5 rings (SSSR count). The molecule has 0 saturated carbocycles. The van der Waals surface area contributed by atoms with E-state index in [9.17, 15) is 18.2 Å². The number of aryl methyl sites for hydroxylation is 1. The quantitative estimate of drug-likeness (QED) is 0.434. The van der Waals surface area contributed by atoms with Crippen LogP contribution in [0.5, 0.6) is 0 Å². The summed E-state index contributed by atoms with van der Waals surface area (Å²) in [6.45, 7) is 3.27. The lowest BCUT2D eigenvalue weighted by molar-refractivity contribution is 0.0535. The third kappa shape index (κ3) is 5.19. The molecule has 1 saturated heterocycles. The Hall–Kier alpha value is -4.18. The monoisotopic (exact) mass is 517 g/mol. The lowest BCUT2D eigenvalue weighted by Crippen LogP contribution is -2.50. The molecule has 2 aromatic carbocycles. The molecule has 188 valence electrons. The molecule has 0 radical (unpaired) electrons. The van der Waals surface area contributed by atoms with Crippen LogP contribution in [-0.4, -0.2) is 62.0 Å². The Morgan fingerprint density at radius 3 is 2.32 bits per heavy atom. The van der Waals surface area contributed by atoms with Crippen LogP contribution in [0.4, 0.5) is 10.1 Å². The van der Waals surface area contributed by atoms with Crippen molar-refractivity contribution in [2.75, 3.05) is 30.9 Å². The van der Waals surface area contributed by atoms with Crippen LogP contribution in [0.25, 0.3) is 10.9 Å². The summed E-state index contributed by atoms with van der Waals surface area (Å²) in [6, 6.07) is 15.7. The maximum atomic E-state index is 13.4. The molecule has 1 unspecified atom stereocenters. The molecule has 37 heavy (non-hydrogen) atoms. The Labute approximate surface area is 215 Å². The summed E-state index contributed by atoms with van der Waals surface area (Å²) < 4.78 is 29.5. The number of carbonyl (C=O) groups excluding carboxylic acids is 2. The second-order valence-electron chi connectivity index (χ2n) is 8.71. The number of pyridine rings is 2. The van der Waals surface area contributed by atoms with Gasteiger partial charge >= 0.3 is 0 Å². The summed E-state index contributed by atoms with van der Waals surface area (Å²) in [5.74, 6) is -1.01. The lowest BCUT2D eigenvalue weighted by atomic mass is 10.1. The van der Waals surface area contributed by atoms with Gasteiger partial charge in [0.2, 0.25) is 0 Å². The number of nitrogens with one attached hydrogen (secondary N) is 1. The van der Waals surface area contributed by atoms with Gasteiger partial charge in [-0.05, 0) is 48.9 Å². The van der Waals surface area contributed by atoms with E-state index in [2.05, 4.69) is 14.7 Å². The first-order valence-electron chi connectivity index (χ1n) is 11.7. The van der Waals surface area contributed by atoms with E-state index in [1.54, 1.807) is 40.3 Å². The van der Waals surface area contributed by atoms with Crippen molar-refractivity contribution in [3.8, 4) is 0 Å². The van der Waals surface area contributed by atoms with Crippen LogP contribution in [0, 0.1) is 12.7 Å². The van der Waals surface area contributed by atoms with E-state index in [0.29, 0.717) is 47.8 Å². The van der Waals surface area contributed by atoms with Crippen LogP contribution in [0.15, 0.2) is 78.1 Å². The third-order valence-corrected chi connectivity index (χ3v) is 7.41. The maximum Gasteiger partial charge on any atom is 0.255 e. The number of hydrogen-bond donors (Lipinski definition) is 1. The number of fused-ring (bicyclic) bond motifs is 1. The number of hydrogen-bond acceptors (Lipinski definition) is 5.